The van der Waals surface area contributed by atoms with Gasteiger partial charge in [0.25, 0.3) is 0 Å². The molecule has 0 saturated heterocycles. The molecule has 0 fully saturated rings. The molecule has 0 aliphatic carbocycles. The molecule has 0 unspecified atom stereocenters. The maximum Gasteiger partial charge on any atom is 0.211 e. The van der Waals surface area contributed by atoms with Crippen molar-refractivity contribution in [1.29, 1.82) is 0 Å². The third-order valence-electron chi connectivity index (χ3n) is 3.52. The van der Waals surface area contributed by atoms with Crippen molar-refractivity contribution in [2.45, 2.75) is 31.3 Å². The van der Waals surface area contributed by atoms with Gasteiger partial charge in [-0.05, 0) is 31.0 Å². The summed E-state index contributed by atoms with van der Waals surface area (Å²) in [4.78, 5) is 4.41. The molecule has 0 aliphatic heterocycles. The molecule has 7 heteroatoms. The van der Waals surface area contributed by atoms with Gasteiger partial charge in [0.1, 0.15) is 0 Å². The Morgan fingerprint density at radius 3 is 2.74 bits per heavy atom. The van der Waals surface area contributed by atoms with Crippen molar-refractivity contribution >= 4 is 21.8 Å². The van der Waals surface area contributed by atoms with Crippen LogP contribution in [0.25, 0.3) is 5.69 Å². The third-order valence-corrected chi connectivity index (χ3v) is 6.03. The van der Waals surface area contributed by atoms with Gasteiger partial charge < -0.3 is 0 Å². The lowest BCUT2D eigenvalue weighted by Gasteiger charge is -2.15. The van der Waals surface area contributed by atoms with Crippen LogP contribution in [0.2, 0.25) is 0 Å². The van der Waals surface area contributed by atoms with Gasteiger partial charge in [-0.25, -0.2) is 18.1 Å². The minimum Gasteiger partial charge on any atom is -0.295 e. The maximum atomic E-state index is 11.4. The van der Waals surface area contributed by atoms with Crippen LogP contribution in [0.3, 0.4) is 0 Å². The topological polar surface area (TPSA) is 64.0 Å². The van der Waals surface area contributed by atoms with Gasteiger partial charge in [0.05, 0.1) is 11.4 Å². The summed E-state index contributed by atoms with van der Waals surface area (Å²) in [7, 11) is -1.69. The van der Waals surface area contributed by atoms with E-state index < -0.39 is 10.0 Å². The van der Waals surface area contributed by atoms with Crippen molar-refractivity contribution in [3.05, 3.63) is 42.2 Å². The molecule has 5 nitrogen and oxygen atoms in total. The quantitative estimate of drug-likeness (QED) is 0.585. The highest BCUT2D eigenvalue weighted by atomic mass is 32.2. The van der Waals surface area contributed by atoms with Crippen molar-refractivity contribution in [3.8, 4) is 5.69 Å². The molecule has 0 aliphatic rings. The molecular weight excluding hydrogens is 330 g/mol. The van der Waals surface area contributed by atoms with Crippen LogP contribution in [0.4, 0.5) is 0 Å². The Morgan fingerprint density at radius 1 is 1.30 bits per heavy atom. The van der Waals surface area contributed by atoms with Gasteiger partial charge in [-0.1, -0.05) is 43.8 Å². The third kappa shape index (κ3) is 4.83. The number of hydrogen-bond donors (Lipinski definition) is 1. The first-order valence-electron chi connectivity index (χ1n) is 7.61. The van der Waals surface area contributed by atoms with Gasteiger partial charge in [-0.15, -0.1) is 0 Å². The van der Waals surface area contributed by atoms with Gasteiger partial charge >= 0.3 is 0 Å². The lowest BCUT2D eigenvalue weighted by atomic mass is 10.0. The first kappa shape index (κ1) is 18.0. The van der Waals surface area contributed by atoms with E-state index in [0.29, 0.717) is 18.1 Å². The number of thioether (sulfide) groups is 1. The second-order valence-electron chi connectivity index (χ2n) is 5.52. The Morgan fingerprint density at radius 2 is 2.04 bits per heavy atom. The molecule has 2 aromatic rings. The van der Waals surface area contributed by atoms with E-state index in [9.17, 15) is 8.42 Å². The van der Waals surface area contributed by atoms with E-state index in [4.69, 9.17) is 0 Å². The molecule has 23 heavy (non-hydrogen) atoms. The van der Waals surface area contributed by atoms with Crippen LogP contribution < -0.4 is 4.72 Å². The fourth-order valence-electron chi connectivity index (χ4n) is 2.29. The predicted octanol–water partition coefficient (Wildman–Crippen LogP) is 3.03. The Kier molecular flexibility index (Phi) is 6.26. The molecule has 0 spiro atoms. The Labute approximate surface area is 142 Å². The highest BCUT2D eigenvalue weighted by Crippen LogP contribution is 2.27. The maximum absolute atomic E-state index is 11.4. The summed E-state index contributed by atoms with van der Waals surface area (Å²) in [6, 6.07) is 8.29. The second-order valence-corrected chi connectivity index (χ2v) is 8.63. The number of sulfonamides is 1. The highest BCUT2D eigenvalue weighted by Gasteiger charge is 2.12. The Balaban J connectivity index is 2.09. The number of rotatable bonds is 8. The van der Waals surface area contributed by atoms with Gasteiger partial charge in [0.2, 0.25) is 10.0 Å². The highest BCUT2D eigenvalue weighted by molar-refractivity contribution is 7.99. The van der Waals surface area contributed by atoms with Crippen molar-refractivity contribution in [1.82, 2.24) is 14.3 Å². The molecule has 1 aromatic carbocycles. The number of hydrogen-bond acceptors (Lipinski definition) is 4. The minimum absolute atomic E-state index is 0.139. The summed E-state index contributed by atoms with van der Waals surface area (Å²) in [5.41, 5.74) is 2.40. The lowest BCUT2D eigenvalue weighted by Crippen LogP contribution is -2.22. The lowest BCUT2D eigenvalue weighted by molar-refractivity contribution is 0.587. The van der Waals surface area contributed by atoms with E-state index in [0.717, 1.165) is 10.8 Å². The molecule has 0 atom stereocenters. The van der Waals surface area contributed by atoms with Crippen molar-refractivity contribution in [2.24, 2.45) is 0 Å². The van der Waals surface area contributed by atoms with Crippen LogP contribution in [-0.2, 0) is 10.0 Å². The number of imidazole rings is 1. The summed E-state index contributed by atoms with van der Waals surface area (Å²) in [5, 5.41) is 0.889. The monoisotopic (exact) mass is 353 g/mol. The van der Waals surface area contributed by atoms with Gasteiger partial charge in [-0.2, -0.15) is 0 Å². The Hall–Kier alpha value is -1.31. The van der Waals surface area contributed by atoms with Crippen molar-refractivity contribution in [2.75, 3.05) is 18.6 Å². The Bertz CT molecular complexity index is 739. The fraction of sp³-hybridized carbons (Fsp3) is 0.438. The molecule has 0 bridgehead atoms. The summed E-state index contributed by atoms with van der Waals surface area (Å²) in [6.45, 7) is 4.34. The van der Waals surface area contributed by atoms with Crippen LogP contribution in [0.15, 0.2) is 41.8 Å². The smallest absolute Gasteiger partial charge is 0.211 e. The standard InChI is InChI=1S/C16H23N3O2S2/c1-13(2)14-7-4-5-8-15(14)19-10-9-18-16(19)22-11-6-12-23(20,21)17-3/h4-5,7-10,13,17H,6,11-12H2,1-3H3. The zero-order valence-corrected chi connectivity index (χ0v) is 15.3. The summed E-state index contributed by atoms with van der Waals surface area (Å²) < 4.78 is 27.3. The summed E-state index contributed by atoms with van der Waals surface area (Å²) in [5.74, 6) is 1.27. The second kappa shape index (κ2) is 7.99. The largest absolute Gasteiger partial charge is 0.295 e. The van der Waals surface area contributed by atoms with Crippen LogP contribution in [0, 0.1) is 0 Å². The number of nitrogens with one attached hydrogen (secondary N) is 1. The van der Waals surface area contributed by atoms with Crippen LogP contribution in [-0.4, -0.2) is 36.5 Å². The van der Waals surface area contributed by atoms with Crippen LogP contribution >= 0.6 is 11.8 Å². The van der Waals surface area contributed by atoms with Crippen molar-refractivity contribution in [3.63, 3.8) is 0 Å². The van der Waals surface area contributed by atoms with Crippen LogP contribution in [0.1, 0.15) is 31.7 Å². The van der Waals surface area contributed by atoms with Crippen LogP contribution in [0.5, 0.6) is 0 Å². The molecule has 0 radical (unpaired) electrons. The zero-order valence-electron chi connectivity index (χ0n) is 13.7. The molecule has 0 amide bonds. The van der Waals surface area contributed by atoms with E-state index in [-0.39, 0.29) is 5.75 Å². The van der Waals surface area contributed by atoms with E-state index in [2.05, 4.69) is 40.3 Å². The molecular formula is C16H23N3O2S2. The number of benzene rings is 1. The zero-order chi connectivity index (χ0) is 16.9. The average Bonchev–Trinajstić information content (AvgIpc) is 3.00. The number of para-hydroxylation sites is 1. The van der Waals surface area contributed by atoms with Gasteiger partial charge in [0.15, 0.2) is 5.16 Å². The predicted molar refractivity (Wildman–Crippen MR) is 95.8 cm³/mol. The number of aromatic nitrogens is 2. The fourth-order valence-corrected chi connectivity index (χ4v) is 4.11. The number of nitrogens with zero attached hydrogens (tertiary/aromatic N) is 2. The molecule has 1 aromatic heterocycles. The van der Waals surface area contributed by atoms with E-state index >= 15 is 0 Å². The first-order valence-corrected chi connectivity index (χ1v) is 10.2. The molecule has 126 valence electrons. The van der Waals surface area contributed by atoms with Gasteiger partial charge in [0, 0.05) is 18.1 Å². The molecule has 2 rings (SSSR count). The first-order chi connectivity index (χ1) is 10.9. The van der Waals surface area contributed by atoms with Crippen molar-refractivity contribution < 1.29 is 8.42 Å². The minimum atomic E-state index is -3.13. The normalized spacial score (nSPS) is 12.0. The molecule has 0 saturated carbocycles. The molecule has 1 N–H and O–H groups in total. The SMILES string of the molecule is CNS(=O)(=O)CCCSc1nccn1-c1ccccc1C(C)C. The van der Waals surface area contributed by atoms with E-state index in [1.54, 1.807) is 18.0 Å². The van der Waals surface area contributed by atoms with E-state index in [1.165, 1.54) is 12.6 Å². The summed E-state index contributed by atoms with van der Waals surface area (Å²) in [6.07, 6.45) is 4.32. The average molecular weight is 354 g/mol. The summed E-state index contributed by atoms with van der Waals surface area (Å²) >= 11 is 1.58. The van der Waals surface area contributed by atoms with E-state index in [1.807, 2.05) is 18.3 Å². The van der Waals surface area contributed by atoms with Gasteiger partial charge in [-0.3, -0.25) is 4.57 Å². The molecule has 1 heterocycles.